The molecule has 1 rings (SSSR count). The smallest absolute Gasteiger partial charge is 0.321 e. The van der Waals surface area contributed by atoms with Gasteiger partial charge in [-0.3, -0.25) is 19.7 Å². The number of rotatable bonds is 4. The molecule has 1 aliphatic rings. The largest absolute Gasteiger partial charge is 0.480 e. The van der Waals surface area contributed by atoms with E-state index >= 15 is 0 Å². The number of carbonyl (C=O) groups is 3. The number of carboxylic acid groups (broad SMARTS) is 1. The Hall–Kier alpha value is -1.47. The molecule has 1 saturated heterocycles. The molecule has 0 aromatic carbocycles. The van der Waals surface area contributed by atoms with E-state index in [-0.39, 0.29) is 18.9 Å². The monoisotopic (exact) mass is 215 g/mol. The van der Waals surface area contributed by atoms with Crippen LogP contribution in [0.3, 0.4) is 0 Å². The van der Waals surface area contributed by atoms with Crippen LogP contribution in [0.2, 0.25) is 0 Å². The Labute approximate surface area is 86.0 Å². The second kappa shape index (κ2) is 4.85. The van der Waals surface area contributed by atoms with E-state index in [1.165, 1.54) is 0 Å². The van der Waals surface area contributed by atoms with Gasteiger partial charge < -0.3 is 16.2 Å². The van der Waals surface area contributed by atoms with Gasteiger partial charge >= 0.3 is 5.97 Å². The summed E-state index contributed by atoms with van der Waals surface area (Å²) in [7, 11) is 0. The molecule has 0 aromatic rings. The van der Waals surface area contributed by atoms with E-state index in [4.69, 9.17) is 10.8 Å². The van der Waals surface area contributed by atoms with Gasteiger partial charge in [0.05, 0.1) is 6.04 Å². The zero-order chi connectivity index (χ0) is 11.4. The van der Waals surface area contributed by atoms with Crippen LogP contribution in [-0.4, -0.2) is 41.5 Å². The molecule has 2 atom stereocenters. The number of nitrogens with two attached hydrogens (primary N) is 1. The van der Waals surface area contributed by atoms with Gasteiger partial charge in [0.15, 0.2) is 0 Å². The molecule has 0 spiro atoms. The molecular formula is C8H13N3O4. The molecule has 15 heavy (non-hydrogen) atoms. The van der Waals surface area contributed by atoms with E-state index in [1.54, 1.807) is 0 Å². The fourth-order valence-electron chi connectivity index (χ4n) is 1.24. The van der Waals surface area contributed by atoms with Crippen LogP contribution >= 0.6 is 0 Å². The van der Waals surface area contributed by atoms with Gasteiger partial charge in [0.1, 0.15) is 6.04 Å². The highest BCUT2D eigenvalue weighted by Crippen LogP contribution is 2.03. The number of hydrogen-bond acceptors (Lipinski definition) is 5. The predicted octanol–water partition coefficient (Wildman–Crippen LogP) is -2.21. The van der Waals surface area contributed by atoms with Gasteiger partial charge in [-0.2, -0.15) is 0 Å². The second-order valence-electron chi connectivity index (χ2n) is 3.36. The third-order valence-corrected chi connectivity index (χ3v) is 2.14. The molecule has 1 heterocycles. The van der Waals surface area contributed by atoms with E-state index in [9.17, 15) is 14.4 Å². The molecule has 0 saturated carbocycles. The Bertz CT molecular complexity index is 292. The Morgan fingerprint density at radius 2 is 2.33 bits per heavy atom. The fourth-order valence-corrected chi connectivity index (χ4v) is 1.24. The summed E-state index contributed by atoms with van der Waals surface area (Å²) in [4.78, 5) is 32.4. The van der Waals surface area contributed by atoms with Gasteiger partial charge in [-0.25, -0.2) is 0 Å². The van der Waals surface area contributed by atoms with Crippen molar-refractivity contribution < 1.29 is 19.5 Å². The van der Waals surface area contributed by atoms with Crippen molar-refractivity contribution in [2.24, 2.45) is 5.73 Å². The lowest BCUT2D eigenvalue weighted by molar-refractivity contribution is -0.139. The lowest BCUT2D eigenvalue weighted by Gasteiger charge is -2.22. The Kier molecular flexibility index (Phi) is 3.75. The summed E-state index contributed by atoms with van der Waals surface area (Å²) in [5, 5.41) is 13.4. The highest BCUT2D eigenvalue weighted by atomic mass is 16.4. The van der Waals surface area contributed by atoms with E-state index in [2.05, 4.69) is 10.6 Å². The molecule has 0 bridgehead atoms. The zero-order valence-electron chi connectivity index (χ0n) is 8.03. The zero-order valence-corrected chi connectivity index (χ0v) is 8.03. The maximum Gasteiger partial charge on any atom is 0.321 e. The minimum atomic E-state index is -1.13. The summed E-state index contributed by atoms with van der Waals surface area (Å²) in [6.07, 6.45) is 0.628. The first-order chi connectivity index (χ1) is 7.00. The maximum atomic E-state index is 11.2. The van der Waals surface area contributed by atoms with Crippen molar-refractivity contribution in [1.29, 1.82) is 0 Å². The Morgan fingerprint density at radius 3 is 2.87 bits per heavy atom. The number of hydrogen-bond donors (Lipinski definition) is 4. The van der Waals surface area contributed by atoms with E-state index in [1.807, 2.05) is 0 Å². The first-order valence-corrected chi connectivity index (χ1v) is 4.56. The van der Waals surface area contributed by atoms with Crippen molar-refractivity contribution in [3.8, 4) is 0 Å². The third kappa shape index (κ3) is 3.30. The van der Waals surface area contributed by atoms with Crippen LogP contribution in [0, 0.1) is 0 Å². The van der Waals surface area contributed by atoms with Crippen LogP contribution in [0.25, 0.3) is 0 Å². The third-order valence-electron chi connectivity index (χ3n) is 2.14. The number of carboxylic acids is 1. The number of aliphatic carboxylic acids is 1. The van der Waals surface area contributed by atoms with Crippen LogP contribution in [0.4, 0.5) is 0 Å². The molecule has 0 radical (unpaired) electrons. The quantitative estimate of drug-likeness (QED) is 0.394. The molecule has 1 fully saturated rings. The molecular weight excluding hydrogens is 202 g/mol. The summed E-state index contributed by atoms with van der Waals surface area (Å²) in [6.45, 7) is 0.00160. The second-order valence-corrected chi connectivity index (χ2v) is 3.36. The summed E-state index contributed by atoms with van der Waals surface area (Å²) in [5.41, 5.74) is 5.25. The predicted molar refractivity (Wildman–Crippen MR) is 49.8 cm³/mol. The number of amides is 2. The molecule has 0 aromatic heterocycles. The average Bonchev–Trinajstić information content (AvgIpc) is 2.15. The van der Waals surface area contributed by atoms with E-state index < -0.39 is 24.0 Å². The molecule has 5 N–H and O–H groups in total. The van der Waals surface area contributed by atoms with Crippen LogP contribution in [0.5, 0.6) is 0 Å². The maximum absolute atomic E-state index is 11.2. The van der Waals surface area contributed by atoms with E-state index in [0.29, 0.717) is 6.42 Å². The normalized spacial score (nSPS) is 23.4. The number of imide groups is 1. The van der Waals surface area contributed by atoms with Crippen molar-refractivity contribution in [1.82, 2.24) is 10.6 Å². The fraction of sp³-hybridized carbons (Fsp3) is 0.625. The van der Waals surface area contributed by atoms with Gasteiger partial charge in [-0.15, -0.1) is 0 Å². The lowest BCUT2D eigenvalue weighted by atomic mass is 10.1. The number of nitrogens with one attached hydrogen (secondary N) is 2. The Morgan fingerprint density at radius 1 is 1.67 bits per heavy atom. The molecule has 0 aliphatic carbocycles. The van der Waals surface area contributed by atoms with Gasteiger partial charge in [0.25, 0.3) is 0 Å². The van der Waals surface area contributed by atoms with Crippen LogP contribution in [-0.2, 0) is 14.4 Å². The SMILES string of the molecule is NC(CNC1CCC(=O)NC1=O)C(=O)O. The number of carbonyl (C=O) groups excluding carboxylic acids is 2. The van der Waals surface area contributed by atoms with Crippen molar-refractivity contribution in [3.05, 3.63) is 0 Å². The Balaban J connectivity index is 2.36. The van der Waals surface area contributed by atoms with Crippen molar-refractivity contribution in [2.75, 3.05) is 6.54 Å². The van der Waals surface area contributed by atoms with Gasteiger partial charge in [-0.1, -0.05) is 0 Å². The molecule has 2 amide bonds. The van der Waals surface area contributed by atoms with Crippen LogP contribution in [0.1, 0.15) is 12.8 Å². The van der Waals surface area contributed by atoms with Gasteiger partial charge in [0, 0.05) is 13.0 Å². The van der Waals surface area contributed by atoms with E-state index in [0.717, 1.165) is 0 Å². The molecule has 84 valence electrons. The number of piperidine rings is 1. The standard InChI is InChI=1S/C8H13N3O4/c9-4(8(14)15)3-10-5-1-2-6(12)11-7(5)13/h4-5,10H,1-3,9H2,(H,14,15)(H,11,12,13). The topological polar surface area (TPSA) is 122 Å². The summed E-state index contributed by atoms with van der Waals surface area (Å²) >= 11 is 0. The van der Waals surface area contributed by atoms with Crippen molar-refractivity contribution in [3.63, 3.8) is 0 Å². The molecule has 2 unspecified atom stereocenters. The highest BCUT2D eigenvalue weighted by Gasteiger charge is 2.26. The van der Waals surface area contributed by atoms with Crippen LogP contribution < -0.4 is 16.4 Å². The average molecular weight is 215 g/mol. The summed E-state index contributed by atoms with van der Waals surface area (Å²) < 4.78 is 0. The van der Waals surface area contributed by atoms with Gasteiger partial charge in [-0.05, 0) is 6.42 Å². The first kappa shape index (κ1) is 11.6. The summed E-state index contributed by atoms with van der Waals surface area (Å²) in [5.74, 6) is -1.86. The minimum Gasteiger partial charge on any atom is -0.480 e. The highest BCUT2D eigenvalue weighted by molar-refractivity contribution is 6.00. The van der Waals surface area contributed by atoms with Crippen molar-refractivity contribution >= 4 is 17.8 Å². The molecule has 7 heteroatoms. The minimum absolute atomic E-state index is 0.00160. The molecule has 7 nitrogen and oxygen atoms in total. The lowest BCUT2D eigenvalue weighted by Crippen LogP contribution is -2.53. The van der Waals surface area contributed by atoms with Crippen LogP contribution in [0.15, 0.2) is 0 Å². The first-order valence-electron chi connectivity index (χ1n) is 4.56. The molecule has 1 aliphatic heterocycles. The van der Waals surface area contributed by atoms with Crippen molar-refractivity contribution in [2.45, 2.75) is 24.9 Å². The van der Waals surface area contributed by atoms with Gasteiger partial charge in [0.2, 0.25) is 11.8 Å². The summed E-state index contributed by atoms with van der Waals surface area (Å²) in [6, 6.07) is -1.58.